The quantitative estimate of drug-likeness (QED) is 0.125. The molecule has 0 N–H and O–H groups in total. The number of hydrazone groups is 1. The average Bonchev–Trinajstić information content (AvgIpc) is 3.43. The maximum atomic E-state index is 5.23. The summed E-state index contributed by atoms with van der Waals surface area (Å²) in [6.07, 6.45) is 20.9. The molecule has 0 heterocycles. The Morgan fingerprint density at radius 2 is 1.63 bits per heavy atom. The molecule has 0 aliphatic heterocycles. The Balaban J connectivity index is 0. The van der Waals surface area contributed by atoms with Gasteiger partial charge in [-0.3, -0.25) is 5.01 Å². The smallest absolute Gasteiger partial charge is 0.0597 e. The van der Waals surface area contributed by atoms with Crippen LogP contribution < -0.4 is 5.01 Å². The standard InChI is InChI=1S/C23H28N2S2.C6H8.C3H8.C2H6/c1-6-18(4)25(24-16-21-9-7-8-10-21)22-13-11-20(12-14-22)15-23(17(2)3)27-19(5)26;1-3-5-6-4-2;1-3-2;1-2/h7,9-16,18H,2,6,8H2,1,3-5H3;3-6H,1-2H2;3H2,1-2H3;1-2H3/b23-15+,24-16+;6-5-;;. The van der Waals surface area contributed by atoms with Gasteiger partial charge in [0.05, 0.1) is 11.9 Å². The normalized spacial score (nSPS) is 12.7. The molecule has 4 heteroatoms. The first-order valence-corrected chi connectivity index (χ1v) is 14.7. The molecule has 1 unspecified atom stereocenters. The number of anilines is 1. The Hall–Kier alpha value is -2.69. The summed E-state index contributed by atoms with van der Waals surface area (Å²) in [7, 11) is 0. The summed E-state index contributed by atoms with van der Waals surface area (Å²) in [5.41, 5.74) is 4.42. The van der Waals surface area contributed by atoms with E-state index in [0.29, 0.717) is 6.04 Å². The number of nitrogens with zero attached hydrogens (tertiary/aromatic N) is 2. The maximum Gasteiger partial charge on any atom is 0.0597 e. The van der Waals surface area contributed by atoms with Crippen molar-refractivity contribution in [1.82, 2.24) is 0 Å². The van der Waals surface area contributed by atoms with Crippen molar-refractivity contribution < 1.29 is 0 Å². The molecule has 0 aromatic heterocycles. The van der Waals surface area contributed by atoms with E-state index in [2.05, 4.69) is 101 Å². The minimum absolute atomic E-state index is 0.327. The topological polar surface area (TPSA) is 15.6 Å². The third-order valence-corrected chi connectivity index (χ3v) is 5.88. The molecule has 1 aliphatic rings. The van der Waals surface area contributed by atoms with Gasteiger partial charge in [0.25, 0.3) is 0 Å². The zero-order valence-electron chi connectivity index (χ0n) is 25.0. The lowest BCUT2D eigenvalue weighted by Crippen LogP contribution is -2.27. The summed E-state index contributed by atoms with van der Waals surface area (Å²) < 4.78 is 0.897. The number of allylic oxidation sites excluding steroid dienone is 9. The molecule has 38 heavy (non-hydrogen) atoms. The number of hydrogen-bond acceptors (Lipinski definition) is 4. The highest BCUT2D eigenvalue weighted by Gasteiger charge is 2.12. The molecule has 0 fully saturated rings. The van der Waals surface area contributed by atoms with Gasteiger partial charge in [-0.1, -0.05) is 139 Å². The van der Waals surface area contributed by atoms with Crippen LogP contribution in [0.3, 0.4) is 0 Å². The predicted molar refractivity (Wildman–Crippen MR) is 185 cm³/mol. The fourth-order valence-corrected chi connectivity index (χ4v) is 3.68. The molecular weight excluding hydrogens is 501 g/mol. The SMILES string of the molecule is C=C(C)/C(=C\c1ccc(N(/N=C/C2=CCC=C2)C(C)CC)cc1)SC(C)=S.C=C/C=C\C=C.CC.CCC. The third kappa shape index (κ3) is 17.7. The molecule has 0 bridgehead atoms. The molecule has 1 aromatic carbocycles. The van der Waals surface area contributed by atoms with E-state index in [-0.39, 0.29) is 0 Å². The van der Waals surface area contributed by atoms with Crippen molar-refractivity contribution in [2.24, 2.45) is 5.10 Å². The molecule has 1 atom stereocenters. The van der Waals surface area contributed by atoms with Gasteiger partial charge < -0.3 is 0 Å². The van der Waals surface area contributed by atoms with Crippen LogP contribution in [0.5, 0.6) is 0 Å². The average molecular weight is 551 g/mol. The fourth-order valence-electron chi connectivity index (χ4n) is 2.74. The first-order chi connectivity index (χ1) is 18.2. The van der Waals surface area contributed by atoms with Crippen LogP contribution in [0.15, 0.2) is 108 Å². The highest BCUT2D eigenvalue weighted by atomic mass is 32.2. The van der Waals surface area contributed by atoms with Crippen LogP contribution in [0.2, 0.25) is 0 Å². The van der Waals surface area contributed by atoms with Gasteiger partial charge in [0.1, 0.15) is 0 Å². The van der Waals surface area contributed by atoms with Gasteiger partial charge in [0.15, 0.2) is 0 Å². The van der Waals surface area contributed by atoms with Gasteiger partial charge in [-0.05, 0) is 68.5 Å². The Morgan fingerprint density at radius 1 is 1.08 bits per heavy atom. The minimum Gasteiger partial charge on any atom is -0.263 e. The van der Waals surface area contributed by atoms with E-state index < -0.39 is 0 Å². The summed E-state index contributed by atoms with van der Waals surface area (Å²) in [5.74, 6) is 0. The summed E-state index contributed by atoms with van der Waals surface area (Å²) in [6, 6.07) is 8.82. The van der Waals surface area contributed by atoms with Crippen LogP contribution in [-0.4, -0.2) is 16.5 Å². The molecule has 0 saturated heterocycles. The zero-order valence-corrected chi connectivity index (χ0v) is 26.7. The van der Waals surface area contributed by atoms with Crippen LogP contribution in [0.4, 0.5) is 5.69 Å². The summed E-state index contributed by atoms with van der Waals surface area (Å²) in [4.78, 5) is 1.10. The molecule has 0 saturated carbocycles. The van der Waals surface area contributed by atoms with Crippen LogP contribution in [-0.2, 0) is 0 Å². The summed E-state index contributed by atoms with van der Waals surface area (Å²) in [5, 5.41) is 6.84. The van der Waals surface area contributed by atoms with Crippen molar-refractivity contribution in [1.29, 1.82) is 0 Å². The minimum atomic E-state index is 0.327. The second kappa shape index (κ2) is 24.6. The molecule has 208 valence electrons. The molecule has 0 radical (unpaired) electrons. The van der Waals surface area contributed by atoms with Crippen molar-refractivity contribution in [3.05, 3.63) is 108 Å². The monoisotopic (exact) mass is 550 g/mol. The fraction of sp³-hybridized carbons (Fsp3) is 0.353. The van der Waals surface area contributed by atoms with Gasteiger partial charge in [0, 0.05) is 15.1 Å². The second-order valence-corrected chi connectivity index (χ2v) is 10.4. The molecule has 2 nitrogen and oxygen atoms in total. The first-order valence-electron chi connectivity index (χ1n) is 13.5. The Morgan fingerprint density at radius 3 is 2.03 bits per heavy atom. The van der Waals surface area contributed by atoms with Gasteiger partial charge in [0.2, 0.25) is 0 Å². The maximum absolute atomic E-state index is 5.23. The lowest BCUT2D eigenvalue weighted by molar-refractivity contribution is 0.637. The van der Waals surface area contributed by atoms with Gasteiger partial charge >= 0.3 is 0 Å². The number of thioether (sulfide) groups is 1. The molecule has 0 amide bonds. The summed E-state index contributed by atoms with van der Waals surface area (Å²) in [6.45, 7) is 27.6. The Labute approximate surface area is 244 Å². The van der Waals surface area contributed by atoms with Crippen LogP contribution in [0.1, 0.15) is 80.2 Å². The van der Waals surface area contributed by atoms with Crippen molar-refractivity contribution in [2.75, 3.05) is 5.01 Å². The third-order valence-electron chi connectivity index (χ3n) is 4.65. The predicted octanol–water partition coefficient (Wildman–Crippen LogP) is 11.5. The summed E-state index contributed by atoms with van der Waals surface area (Å²) >= 11 is 6.82. The molecule has 2 rings (SSSR count). The van der Waals surface area contributed by atoms with E-state index in [1.165, 1.54) is 12.0 Å². The van der Waals surface area contributed by atoms with E-state index in [1.54, 1.807) is 23.9 Å². The van der Waals surface area contributed by atoms with E-state index in [4.69, 9.17) is 17.3 Å². The first kappa shape index (κ1) is 37.5. The van der Waals surface area contributed by atoms with Crippen LogP contribution in [0, 0.1) is 0 Å². The molecule has 1 aliphatic carbocycles. The van der Waals surface area contributed by atoms with E-state index in [0.717, 1.165) is 38.8 Å². The van der Waals surface area contributed by atoms with Gasteiger partial charge in [-0.15, -0.1) is 0 Å². The van der Waals surface area contributed by atoms with E-state index in [9.17, 15) is 0 Å². The van der Waals surface area contributed by atoms with Crippen LogP contribution >= 0.6 is 24.0 Å². The van der Waals surface area contributed by atoms with E-state index >= 15 is 0 Å². The number of rotatable bonds is 10. The van der Waals surface area contributed by atoms with Gasteiger partial charge in [-0.2, -0.15) is 5.10 Å². The molecular formula is C34H50N2S2. The lowest BCUT2D eigenvalue weighted by Gasteiger charge is -2.25. The zero-order chi connectivity index (χ0) is 29.3. The van der Waals surface area contributed by atoms with Crippen molar-refractivity contribution in [3.63, 3.8) is 0 Å². The highest BCUT2D eigenvalue weighted by molar-refractivity contribution is 8.25. The lowest BCUT2D eigenvalue weighted by atomic mass is 10.1. The van der Waals surface area contributed by atoms with Crippen LogP contribution in [0.25, 0.3) is 6.08 Å². The number of benzene rings is 1. The second-order valence-electron chi connectivity index (χ2n) is 8.23. The molecule has 1 aromatic rings. The van der Waals surface area contributed by atoms with Crippen molar-refractivity contribution >= 4 is 46.2 Å². The number of hydrogen-bond donors (Lipinski definition) is 0. The van der Waals surface area contributed by atoms with Gasteiger partial charge in [-0.25, -0.2) is 0 Å². The largest absolute Gasteiger partial charge is 0.263 e. The van der Waals surface area contributed by atoms with Crippen molar-refractivity contribution in [2.45, 2.75) is 80.7 Å². The highest BCUT2D eigenvalue weighted by Crippen LogP contribution is 2.28. The Kier molecular flexibility index (Phi) is 24.3. The number of thiocarbonyl (C=S) groups is 1. The Bertz CT molecular complexity index is 966. The van der Waals surface area contributed by atoms with Crippen molar-refractivity contribution in [3.8, 4) is 0 Å². The van der Waals surface area contributed by atoms with E-state index in [1.807, 2.05) is 46.1 Å². The molecule has 0 spiro atoms.